The molecule has 23 heavy (non-hydrogen) atoms. The van der Waals surface area contributed by atoms with Gasteiger partial charge >= 0.3 is 0 Å². The van der Waals surface area contributed by atoms with Gasteiger partial charge in [-0.15, -0.1) is 0 Å². The Labute approximate surface area is 140 Å². The number of benzene rings is 1. The van der Waals surface area contributed by atoms with Gasteiger partial charge in [0.2, 0.25) is 5.91 Å². The minimum Gasteiger partial charge on any atom is -0.356 e. The molecule has 2 N–H and O–H groups in total. The average molecular weight is 315 g/mol. The summed E-state index contributed by atoms with van der Waals surface area (Å²) in [4.78, 5) is 13.7. The molecule has 0 saturated carbocycles. The Morgan fingerprint density at radius 3 is 2.61 bits per heavy atom. The second-order valence-corrected chi connectivity index (χ2v) is 6.75. The van der Waals surface area contributed by atoms with Crippen LogP contribution in [-0.2, 0) is 4.79 Å². The number of nitrogens with one attached hydrogen (secondary N) is 2. The van der Waals surface area contributed by atoms with Gasteiger partial charge in [-0.25, -0.2) is 0 Å². The number of amides is 1. The molecular formula is C20H31N2O+. The molecule has 1 aromatic carbocycles. The zero-order valence-corrected chi connectivity index (χ0v) is 14.6. The highest BCUT2D eigenvalue weighted by atomic mass is 16.1. The highest BCUT2D eigenvalue weighted by Gasteiger charge is 2.27. The Balaban J connectivity index is 1.74. The molecular weight excluding hydrogens is 284 g/mol. The summed E-state index contributed by atoms with van der Waals surface area (Å²) in [7, 11) is 0. The molecule has 3 nitrogen and oxygen atoms in total. The van der Waals surface area contributed by atoms with Crippen LogP contribution >= 0.6 is 0 Å². The van der Waals surface area contributed by atoms with E-state index in [1.54, 1.807) is 4.90 Å². The molecule has 0 bridgehead atoms. The van der Waals surface area contributed by atoms with Crippen LogP contribution in [0.15, 0.2) is 35.9 Å². The third-order valence-corrected chi connectivity index (χ3v) is 4.63. The van der Waals surface area contributed by atoms with Gasteiger partial charge in [0.05, 0.1) is 19.6 Å². The van der Waals surface area contributed by atoms with Crippen molar-refractivity contribution in [3.63, 3.8) is 0 Å². The van der Waals surface area contributed by atoms with Crippen LogP contribution in [0.3, 0.4) is 0 Å². The standard InChI is InChI=1S/C20H30N2O/c1-3-4-12-21-20(23)19-10-13-22(14-11-19)16-17(2)15-18-8-6-5-7-9-18/h5-9,15,19H,3-4,10-14,16H2,1-2H3,(H,21,23)/p+1/b17-15+. The highest BCUT2D eigenvalue weighted by molar-refractivity contribution is 5.78. The number of likely N-dealkylation sites (tertiary alicyclic amines) is 1. The first-order valence-electron chi connectivity index (χ1n) is 9.02. The van der Waals surface area contributed by atoms with Crippen molar-refractivity contribution in [2.75, 3.05) is 26.2 Å². The van der Waals surface area contributed by atoms with E-state index in [1.807, 2.05) is 6.07 Å². The Hall–Kier alpha value is -1.61. The molecule has 1 fully saturated rings. The molecule has 0 unspecified atom stereocenters. The molecule has 0 atom stereocenters. The van der Waals surface area contributed by atoms with E-state index in [1.165, 1.54) is 11.1 Å². The van der Waals surface area contributed by atoms with Crippen molar-refractivity contribution >= 4 is 12.0 Å². The molecule has 0 radical (unpaired) electrons. The van der Waals surface area contributed by atoms with Gasteiger partial charge in [0.1, 0.15) is 0 Å². The van der Waals surface area contributed by atoms with Crippen LogP contribution in [0.4, 0.5) is 0 Å². The maximum atomic E-state index is 12.1. The number of piperidine rings is 1. The summed E-state index contributed by atoms with van der Waals surface area (Å²) in [5.74, 6) is 0.503. The zero-order valence-electron chi connectivity index (χ0n) is 14.6. The lowest BCUT2D eigenvalue weighted by Gasteiger charge is -2.28. The lowest BCUT2D eigenvalue weighted by molar-refractivity contribution is -0.900. The van der Waals surface area contributed by atoms with Crippen LogP contribution in [-0.4, -0.2) is 32.1 Å². The van der Waals surface area contributed by atoms with Gasteiger partial charge in [-0.2, -0.15) is 0 Å². The van der Waals surface area contributed by atoms with Crippen molar-refractivity contribution in [3.8, 4) is 0 Å². The topological polar surface area (TPSA) is 33.5 Å². The molecule has 1 heterocycles. The summed E-state index contributed by atoms with van der Waals surface area (Å²) in [5, 5.41) is 3.08. The van der Waals surface area contributed by atoms with Crippen LogP contribution in [0.5, 0.6) is 0 Å². The second kappa shape index (κ2) is 9.51. The van der Waals surface area contributed by atoms with Crippen LogP contribution in [0, 0.1) is 5.92 Å². The molecule has 2 rings (SSSR count). The Morgan fingerprint density at radius 1 is 1.26 bits per heavy atom. The Kier molecular flexibility index (Phi) is 7.34. The molecule has 126 valence electrons. The fourth-order valence-electron chi connectivity index (χ4n) is 3.28. The summed E-state index contributed by atoms with van der Waals surface area (Å²) >= 11 is 0. The average Bonchev–Trinajstić information content (AvgIpc) is 2.56. The molecule has 0 aromatic heterocycles. The van der Waals surface area contributed by atoms with Gasteiger partial charge in [-0.1, -0.05) is 49.8 Å². The van der Waals surface area contributed by atoms with E-state index >= 15 is 0 Å². The number of hydrogen-bond donors (Lipinski definition) is 2. The first kappa shape index (κ1) is 17.7. The SMILES string of the molecule is CCCCNC(=O)C1CC[NH+](C/C(C)=C/c2ccccc2)CC1. The third-order valence-electron chi connectivity index (χ3n) is 4.63. The van der Waals surface area contributed by atoms with Gasteiger partial charge < -0.3 is 10.2 Å². The summed E-state index contributed by atoms with van der Waals surface area (Å²) in [6, 6.07) is 10.5. The second-order valence-electron chi connectivity index (χ2n) is 6.75. The highest BCUT2D eigenvalue weighted by Crippen LogP contribution is 2.10. The minimum atomic E-state index is 0.231. The van der Waals surface area contributed by atoms with Crippen molar-refractivity contribution in [1.29, 1.82) is 0 Å². The van der Waals surface area contributed by atoms with Crippen molar-refractivity contribution in [2.24, 2.45) is 5.92 Å². The Morgan fingerprint density at radius 2 is 1.96 bits per heavy atom. The molecule has 1 saturated heterocycles. The van der Waals surface area contributed by atoms with Crippen LogP contribution in [0.2, 0.25) is 0 Å². The molecule has 0 aliphatic carbocycles. The monoisotopic (exact) mass is 315 g/mol. The van der Waals surface area contributed by atoms with Gasteiger partial charge in [0, 0.05) is 25.3 Å². The maximum Gasteiger partial charge on any atom is 0.223 e. The van der Waals surface area contributed by atoms with Crippen molar-refractivity contribution in [2.45, 2.75) is 39.5 Å². The quantitative estimate of drug-likeness (QED) is 0.744. The summed E-state index contributed by atoms with van der Waals surface area (Å²) < 4.78 is 0. The van der Waals surface area contributed by atoms with Gasteiger partial charge in [0.25, 0.3) is 0 Å². The van der Waals surface area contributed by atoms with E-state index in [-0.39, 0.29) is 11.8 Å². The first-order valence-corrected chi connectivity index (χ1v) is 9.02. The number of hydrogen-bond acceptors (Lipinski definition) is 1. The molecule has 0 spiro atoms. The number of unbranched alkanes of at least 4 members (excludes halogenated alkanes) is 1. The number of carbonyl (C=O) groups excluding carboxylic acids is 1. The fourth-order valence-corrected chi connectivity index (χ4v) is 3.28. The molecule has 3 heteroatoms. The normalized spacial score (nSPS) is 21.9. The smallest absolute Gasteiger partial charge is 0.223 e. The summed E-state index contributed by atoms with van der Waals surface area (Å²) in [5.41, 5.74) is 2.69. The fraction of sp³-hybridized carbons (Fsp3) is 0.550. The number of quaternary nitrogens is 1. The number of carbonyl (C=O) groups is 1. The largest absolute Gasteiger partial charge is 0.356 e. The maximum absolute atomic E-state index is 12.1. The van der Waals surface area contributed by atoms with E-state index < -0.39 is 0 Å². The lowest BCUT2D eigenvalue weighted by atomic mass is 9.95. The van der Waals surface area contributed by atoms with Crippen LogP contribution in [0.1, 0.15) is 45.1 Å². The Bertz CT molecular complexity index is 502. The summed E-state index contributed by atoms with van der Waals surface area (Å²) in [6.45, 7) is 8.49. The molecule has 1 aliphatic heterocycles. The number of rotatable bonds is 7. The third kappa shape index (κ3) is 6.19. The predicted molar refractivity (Wildman–Crippen MR) is 96.3 cm³/mol. The van der Waals surface area contributed by atoms with E-state index in [9.17, 15) is 4.79 Å². The van der Waals surface area contributed by atoms with E-state index in [0.29, 0.717) is 0 Å². The molecule has 1 amide bonds. The summed E-state index contributed by atoms with van der Waals surface area (Å²) in [6.07, 6.45) is 6.53. The van der Waals surface area contributed by atoms with E-state index in [0.717, 1.165) is 51.9 Å². The van der Waals surface area contributed by atoms with Crippen LogP contribution in [0.25, 0.3) is 6.08 Å². The van der Waals surface area contributed by atoms with Crippen molar-refractivity contribution < 1.29 is 9.69 Å². The van der Waals surface area contributed by atoms with E-state index in [4.69, 9.17) is 0 Å². The first-order chi connectivity index (χ1) is 11.2. The zero-order chi connectivity index (χ0) is 16.5. The minimum absolute atomic E-state index is 0.231. The van der Waals surface area contributed by atoms with Crippen LogP contribution < -0.4 is 10.2 Å². The lowest BCUT2D eigenvalue weighted by Crippen LogP contribution is -3.13. The molecule has 1 aliphatic rings. The van der Waals surface area contributed by atoms with Gasteiger partial charge in [-0.05, 0) is 24.5 Å². The van der Waals surface area contributed by atoms with Crippen molar-refractivity contribution in [3.05, 3.63) is 41.5 Å². The van der Waals surface area contributed by atoms with Gasteiger partial charge in [-0.3, -0.25) is 4.79 Å². The predicted octanol–water partition coefficient (Wildman–Crippen LogP) is 2.30. The molecule has 1 aromatic rings. The van der Waals surface area contributed by atoms with Crippen molar-refractivity contribution in [1.82, 2.24) is 5.32 Å². The van der Waals surface area contributed by atoms with E-state index in [2.05, 4.69) is 49.5 Å². The van der Waals surface area contributed by atoms with Gasteiger partial charge in [0.15, 0.2) is 0 Å².